The molecule has 0 aliphatic rings. The van der Waals surface area contributed by atoms with Crippen molar-refractivity contribution in [1.29, 1.82) is 0 Å². The van der Waals surface area contributed by atoms with Crippen molar-refractivity contribution in [3.8, 4) is 11.5 Å². The van der Waals surface area contributed by atoms with Crippen LogP contribution in [0.3, 0.4) is 0 Å². The second kappa shape index (κ2) is 11.0. The Hall–Kier alpha value is -3.98. The summed E-state index contributed by atoms with van der Waals surface area (Å²) in [6, 6.07) is 18.6. The van der Waals surface area contributed by atoms with Gasteiger partial charge in [-0.25, -0.2) is 0 Å². The van der Waals surface area contributed by atoms with E-state index in [2.05, 4.69) is 10.4 Å². The molecule has 0 saturated heterocycles. The summed E-state index contributed by atoms with van der Waals surface area (Å²) < 4.78 is 51.8. The molecule has 0 spiro atoms. The Morgan fingerprint density at radius 2 is 1.81 bits per heavy atom. The number of carbonyl (C=O) groups excluding carboxylic acids is 1. The highest BCUT2D eigenvalue weighted by Crippen LogP contribution is 2.30. The first-order valence-corrected chi connectivity index (χ1v) is 11.6. The van der Waals surface area contributed by atoms with E-state index < -0.39 is 17.6 Å². The third-order valence-corrected chi connectivity index (χ3v) is 5.81. The van der Waals surface area contributed by atoms with Gasteiger partial charge in [-0.05, 0) is 67.1 Å². The van der Waals surface area contributed by atoms with Gasteiger partial charge in [-0.2, -0.15) is 18.3 Å². The van der Waals surface area contributed by atoms with Crippen LogP contribution in [0.15, 0.2) is 72.8 Å². The molecule has 0 unspecified atom stereocenters. The number of hydrogen-bond donors (Lipinski definition) is 1. The summed E-state index contributed by atoms with van der Waals surface area (Å²) in [6.45, 7) is 2.05. The molecule has 1 amide bonds. The lowest BCUT2D eigenvalue weighted by Crippen LogP contribution is -2.14. The fourth-order valence-corrected chi connectivity index (χ4v) is 3.79. The number of nitrogens with one attached hydrogen (secondary N) is 1. The molecule has 6 nitrogen and oxygen atoms in total. The molecule has 1 N–H and O–H groups in total. The van der Waals surface area contributed by atoms with E-state index >= 15 is 0 Å². The van der Waals surface area contributed by atoms with Gasteiger partial charge in [-0.3, -0.25) is 9.48 Å². The third kappa shape index (κ3) is 6.62. The number of ether oxygens (including phenoxy) is 2. The van der Waals surface area contributed by atoms with Crippen LogP contribution in [-0.4, -0.2) is 22.8 Å². The molecule has 0 fully saturated rings. The lowest BCUT2D eigenvalue weighted by molar-refractivity contribution is -0.137. The average molecular weight is 530 g/mol. The van der Waals surface area contributed by atoms with E-state index in [1.165, 1.54) is 17.9 Å². The number of hydrogen-bond acceptors (Lipinski definition) is 4. The lowest BCUT2D eigenvalue weighted by atomic mass is 10.1. The largest absolute Gasteiger partial charge is 0.496 e. The second-order valence-electron chi connectivity index (χ2n) is 8.25. The average Bonchev–Trinajstić information content (AvgIpc) is 3.21. The number of rotatable bonds is 8. The zero-order valence-electron chi connectivity index (χ0n) is 20.0. The van der Waals surface area contributed by atoms with Crippen molar-refractivity contribution in [2.45, 2.75) is 26.3 Å². The predicted molar refractivity (Wildman–Crippen MR) is 134 cm³/mol. The summed E-state index contributed by atoms with van der Waals surface area (Å²) in [5.41, 5.74) is 1.43. The maximum absolute atomic E-state index is 13.0. The van der Waals surface area contributed by atoms with Crippen LogP contribution in [0.25, 0.3) is 0 Å². The zero-order chi connectivity index (χ0) is 26.6. The van der Waals surface area contributed by atoms with Crippen LogP contribution in [-0.2, 0) is 19.3 Å². The normalized spacial score (nSPS) is 11.3. The molecule has 3 aromatic carbocycles. The summed E-state index contributed by atoms with van der Waals surface area (Å²) in [5, 5.41) is 7.68. The van der Waals surface area contributed by atoms with Gasteiger partial charge in [0.1, 0.15) is 18.1 Å². The molecule has 1 heterocycles. The predicted octanol–water partition coefficient (Wildman–Crippen LogP) is 6.75. The van der Waals surface area contributed by atoms with Crippen LogP contribution in [0.5, 0.6) is 11.5 Å². The van der Waals surface area contributed by atoms with Crippen molar-refractivity contribution < 1.29 is 27.4 Å². The van der Waals surface area contributed by atoms with Crippen molar-refractivity contribution in [3.05, 3.63) is 106 Å². The van der Waals surface area contributed by atoms with E-state index in [9.17, 15) is 18.0 Å². The van der Waals surface area contributed by atoms with Crippen LogP contribution in [0, 0.1) is 6.92 Å². The first kappa shape index (κ1) is 26.1. The fraction of sp³-hybridized carbons (Fsp3) is 0.185. The fourth-order valence-electron chi connectivity index (χ4n) is 3.66. The minimum atomic E-state index is -4.43. The molecule has 0 bridgehead atoms. The number of amides is 1. The highest BCUT2D eigenvalue weighted by atomic mass is 35.5. The molecule has 0 radical (unpaired) electrons. The van der Waals surface area contributed by atoms with Crippen molar-refractivity contribution in [3.63, 3.8) is 0 Å². The number of alkyl halides is 3. The van der Waals surface area contributed by atoms with Crippen LogP contribution in [0.2, 0.25) is 5.02 Å². The van der Waals surface area contributed by atoms with E-state index in [-0.39, 0.29) is 19.0 Å². The number of aromatic nitrogens is 2. The molecule has 1 aromatic heterocycles. The van der Waals surface area contributed by atoms with Gasteiger partial charge in [-0.15, -0.1) is 0 Å². The minimum Gasteiger partial charge on any atom is -0.496 e. The number of aryl methyl sites for hydroxylation is 1. The number of methoxy groups -OCH3 is 1. The van der Waals surface area contributed by atoms with E-state index in [1.54, 1.807) is 61.5 Å². The molecule has 37 heavy (non-hydrogen) atoms. The molecule has 4 rings (SSSR count). The van der Waals surface area contributed by atoms with Gasteiger partial charge >= 0.3 is 6.18 Å². The minimum absolute atomic E-state index is 0.125. The molecule has 0 atom stereocenters. The van der Waals surface area contributed by atoms with E-state index in [0.717, 1.165) is 12.1 Å². The van der Waals surface area contributed by atoms with Crippen molar-refractivity contribution in [2.75, 3.05) is 12.4 Å². The number of anilines is 1. The highest BCUT2D eigenvalue weighted by Gasteiger charge is 2.30. The molecule has 192 valence electrons. The topological polar surface area (TPSA) is 65.4 Å². The molecule has 4 aromatic rings. The van der Waals surface area contributed by atoms with E-state index in [4.69, 9.17) is 21.1 Å². The monoisotopic (exact) mass is 529 g/mol. The van der Waals surface area contributed by atoms with Crippen LogP contribution >= 0.6 is 11.6 Å². The van der Waals surface area contributed by atoms with E-state index in [0.29, 0.717) is 38.9 Å². The number of benzene rings is 3. The van der Waals surface area contributed by atoms with Crippen LogP contribution in [0.1, 0.15) is 32.7 Å². The Morgan fingerprint density at radius 3 is 2.51 bits per heavy atom. The van der Waals surface area contributed by atoms with Crippen molar-refractivity contribution in [2.24, 2.45) is 0 Å². The standard InChI is InChI=1S/C27H23ClF3N3O3/c1-17-12-25(33-34(17)15-18-4-3-5-21(13-18)27(29,30)31)32-26(35)19-6-11-24(36-2)20(14-19)16-37-23-9-7-22(28)8-10-23/h3-14H,15-16H2,1-2H3,(H,32,33,35). The van der Waals surface area contributed by atoms with Gasteiger partial charge in [0, 0.05) is 27.9 Å². The molecular weight excluding hydrogens is 507 g/mol. The third-order valence-electron chi connectivity index (χ3n) is 5.56. The number of nitrogens with zero attached hydrogens (tertiary/aromatic N) is 2. The maximum atomic E-state index is 13.0. The first-order valence-electron chi connectivity index (χ1n) is 11.2. The van der Waals surface area contributed by atoms with Crippen LogP contribution < -0.4 is 14.8 Å². The highest BCUT2D eigenvalue weighted by molar-refractivity contribution is 6.30. The van der Waals surface area contributed by atoms with Gasteiger partial charge in [0.05, 0.1) is 19.2 Å². The van der Waals surface area contributed by atoms with Crippen molar-refractivity contribution in [1.82, 2.24) is 9.78 Å². The van der Waals surface area contributed by atoms with Gasteiger partial charge < -0.3 is 14.8 Å². The molecule has 0 aliphatic heterocycles. The lowest BCUT2D eigenvalue weighted by Gasteiger charge is -2.12. The summed E-state index contributed by atoms with van der Waals surface area (Å²) in [4.78, 5) is 12.9. The number of halogens is 4. The maximum Gasteiger partial charge on any atom is 0.416 e. The summed E-state index contributed by atoms with van der Waals surface area (Å²) in [5.74, 6) is 1.05. The Kier molecular flexibility index (Phi) is 7.73. The van der Waals surface area contributed by atoms with Crippen molar-refractivity contribution >= 4 is 23.3 Å². The first-order chi connectivity index (χ1) is 17.6. The van der Waals surface area contributed by atoms with Gasteiger partial charge in [0.25, 0.3) is 5.91 Å². The molecule has 0 aliphatic carbocycles. The summed E-state index contributed by atoms with van der Waals surface area (Å²) in [6.07, 6.45) is -4.43. The van der Waals surface area contributed by atoms with Gasteiger partial charge in [0.15, 0.2) is 5.82 Å². The van der Waals surface area contributed by atoms with Gasteiger partial charge in [-0.1, -0.05) is 23.7 Å². The van der Waals surface area contributed by atoms with Crippen LogP contribution in [0.4, 0.5) is 19.0 Å². The second-order valence-corrected chi connectivity index (χ2v) is 8.69. The smallest absolute Gasteiger partial charge is 0.416 e. The molecule has 10 heteroatoms. The quantitative estimate of drug-likeness (QED) is 0.274. The summed E-state index contributed by atoms with van der Waals surface area (Å²) >= 11 is 5.91. The molecule has 0 saturated carbocycles. The zero-order valence-corrected chi connectivity index (χ0v) is 20.7. The van der Waals surface area contributed by atoms with E-state index in [1.807, 2.05) is 0 Å². The molecular formula is C27H23ClF3N3O3. The summed E-state index contributed by atoms with van der Waals surface area (Å²) in [7, 11) is 1.53. The Labute approximate surface area is 216 Å². The van der Waals surface area contributed by atoms with Gasteiger partial charge in [0.2, 0.25) is 0 Å². The SMILES string of the molecule is COc1ccc(C(=O)Nc2cc(C)n(Cc3cccc(C(F)(F)F)c3)n2)cc1COc1ccc(Cl)cc1. The Morgan fingerprint density at radius 1 is 1.05 bits per heavy atom. The Bertz CT molecular complexity index is 1400. The number of carbonyl (C=O) groups is 1. The Balaban J connectivity index is 1.46.